The maximum absolute atomic E-state index is 12.6. The molecule has 0 aliphatic heterocycles. The van der Waals surface area contributed by atoms with Gasteiger partial charge in [0.25, 0.3) is 0 Å². The van der Waals surface area contributed by atoms with E-state index >= 15 is 0 Å². The fourth-order valence-electron chi connectivity index (χ4n) is 2.50. The van der Waals surface area contributed by atoms with Gasteiger partial charge in [0.2, 0.25) is 0 Å². The van der Waals surface area contributed by atoms with Crippen LogP contribution >= 0.6 is 0 Å². The number of hydrogen-bond donors (Lipinski definition) is 0. The Labute approximate surface area is 115 Å². The smallest absolute Gasteiger partial charge is 0.198 e. The van der Waals surface area contributed by atoms with Crippen LogP contribution in [0.2, 0.25) is 0 Å². The average molecular weight is 268 g/mol. The van der Waals surface area contributed by atoms with Crippen molar-refractivity contribution < 1.29 is 19.1 Å². The third-order valence-electron chi connectivity index (χ3n) is 3.43. The van der Waals surface area contributed by atoms with Crippen molar-refractivity contribution in [1.82, 2.24) is 0 Å². The normalized spacial score (nSPS) is 12.7. The molecule has 0 N–H and O–H groups in total. The molecule has 1 aliphatic carbocycles. The molecular formula is C16H12O4. The van der Waals surface area contributed by atoms with Crippen molar-refractivity contribution in [3.63, 3.8) is 0 Å². The fourth-order valence-corrected chi connectivity index (χ4v) is 2.50. The summed E-state index contributed by atoms with van der Waals surface area (Å²) in [5.41, 5.74) is 1.45. The summed E-state index contributed by atoms with van der Waals surface area (Å²) in [6.45, 7) is 0. The molecule has 0 unspecified atom stereocenters. The molecule has 0 bridgehead atoms. The van der Waals surface area contributed by atoms with Crippen LogP contribution in [0, 0.1) is 0 Å². The van der Waals surface area contributed by atoms with E-state index in [1.54, 1.807) is 36.4 Å². The number of benzene rings is 2. The van der Waals surface area contributed by atoms with Crippen LogP contribution in [-0.4, -0.2) is 25.8 Å². The molecule has 0 aromatic heterocycles. The van der Waals surface area contributed by atoms with Crippen LogP contribution in [0.4, 0.5) is 0 Å². The second-order valence-electron chi connectivity index (χ2n) is 4.43. The highest BCUT2D eigenvalue weighted by Gasteiger charge is 2.33. The lowest BCUT2D eigenvalue weighted by Gasteiger charge is -2.20. The molecule has 0 amide bonds. The zero-order chi connectivity index (χ0) is 14.3. The van der Waals surface area contributed by atoms with Gasteiger partial charge < -0.3 is 9.47 Å². The van der Waals surface area contributed by atoms with Crippen molar-refractivity contribution in [3.8, 4) is 11.5 Å². The first-order chi connectivity index (χ1) is 9.69. The number of carbonyl (C=O) groups excluding carboxylic acids is 2. The molecule has 4 heteroatoms. The molecule has 0 heterocycles. The van der Waals surface area contributed by atoms with Crippen molar-refractivity contribution >= 4 is 11.6 Å². The summed E-state index contributed by atoms with van der Waals surface area (Å²) in [4.78, 5) is 25.1. The highest BCUT2D eigenvalue weighted by Crippen LogP contribution is 2.38. The molecule has 0 saturated heterocycles. The molecule has 3 rings (SSSR count). The topological polar surface area (TPSA) is 52.6 Å². The molecule has 2 aromatic rings. The Hall–Kier alpha value is -2.62. The number of fused-ring (bicyclic) bond motifs is 2. The molecule has 0 saturated carbocycles. The third kappa shape index (κ3) is 1.54. The van der Waals surface area contributed by atoms with Gasteiger partial charge in [-0.3, -0.25) is 9.59 Å². The van der Waals surface area contributed by atoms with Crippen LogP contribution in [0.25, 0.3) is 0 Å². The zero-order valence-corrected chi connectivity index (χ0v) is 11.1. The highest BCUT2D eigenvalue weighted by molar-refractivity contribution is 6.29. The van der Waals surface area contributed by atoms with Crippen LogP contribution in [0.15, 0.2) is 36.4 Å². The van der Waals surface area contributed by atoms with Crippen molar-refractivity contribution in [2.45, 2.75) is 0 Å². The minimum atomic E-state index is -0.217. The standard InChI is InChI=1S/C16H12O4/c1-19-12-8-7-11-13(16(12)20-2)15(18)10-6-4-3-5-9(10)14(11)17/h3-8H,1-2H3. The van der Waals surface area contributed by atoms with Crippen LogP contribution in [0.5, 0.6) is 11.5 Å². The first-order valence-corrected chi connectivity index (χ1v) is 6.12. The number of ether oxygens (including phenoxy) is 2. The summed E-state index contributed by atoms with van der Waals surface area (Å²) >= 11 is 0. The molecule has 20 heavy (non-hydrogen) atoms. The van der Waals surface area contributed by atoms with E-state index in [0.29, 0.717) is 28.2 Å². The number of rotatable bonds is 2. The van der Waals surface area contributed by atoms with Gasteiger partial charge in [-0.25, -0.2) is 0 Å². The molecule has 0 spiro atoms. The Balaban J connectivity index is 2.33. The SMILES string of the molecule is COc1ccc2c(c1OC)C(=O)c1ccccc1C2=O. The van der Waals surface area contributed by atoms with Gasteiger partial charge in [0.1, 0.15) is 0 Å². The Morgan fingerprint density at radius 1 is 0.750 bits per heavy atom. The first kappa shape index (κ1) is 12.4. The summed E-state index contributed by atoms with van der Waals surface area (Å²) in [5.74, 6) is 0.353. The summed E-state index contributed by atoms with van der Waals surface area (Å²) in [7, 11) is 2.95. The molecule has 0 atom stereocenters. The van der Waals surface area contributed by atoms with E-state index < -0.39 is 0 Å². The van der Waals surface area contributed by atoms with E-state index in [2.05, 4.69) is 0 Å². The van der Waals surface area contributed by atoms with Gasteiger partial charge in [-0.2, -0.15) is 0 Å². The summed E-state index contributed by atoms with van der Waals surface area (Å²) in [6.07, 6.45) is 0. The van der Waals surface area contributed by atoms with Gasteiger partial charge in [0.15, 0.2) is 23.1 Å². The number of carbonyl (C=O) groups is 2. The zero-order valence-electron chi connectivity index (χ0n) is 11.1. The van der Waals surface area contributed by atoms with E-state index in [1.807, 2.05) is 0 Å². The van der Waals surface area contributed by atoms with Crippen LogP contribution in [0.1, 0.15) is 31.8 Å². The summed E-state index contributed by atoms with van der Waals surface area (Å²) in [6, 6.07) is 10.0. The molecule has 0 fully saturated rings. The maximum Gasteiger partial charge on any atom is 0.198 e. The fraction of sp³-hybridized carbons (Fsp3) is 0.125. The lowest BCUT2D eigenvalue weighted by atomic mass is 9.83. The molecule has 2 aromatic carbocycles. The van der Waals surface area contributed by atoms with E-state index in [9.17, 15) is 9.59 Å². The largest absolute Gasteiger partial charge is 0.493 e. The lowest BCUT2D eigenvalue weighted by molar-refractivity contribution is 0.0976. The number of methoxy groups -OCH3 is 2. The number of hydrogen-bond acceptors (Lipinski definition) is 4. The van der Waals surface area contributed by atoms with Crippen LogP contribution in [-0.2, 0) is 0 Å². The quantitative estimate of drug-likeness (QED) is 0.716. The highest BCUT2D eigenvalue weighted by atomic mass is 16.5. The Morgan fingerprint density at radius 3 is 2.00 bits per heavy atom. The van der Waals surface area contributed by atoms with Crippen molar-refractivity contribution in [3.05, 3.63) is 58.7 Å². The Morgan fingerprint density at radius 2 is 1.40 bits per heavy atom. The van der Waals surface area contributed by atoms with Gasteiger partial charge in [0.05, 0.1) is 19.8 Å². The monoisotopic (exact) mass is 268 g/mol. The summed E-state index contributed by atoms with van der Waals surface area (Å²) < 4.78 is 10.5. The predicted octanol–water partition coefficient (Wildman–Crippen LogP) is 2.48. The number of ketones is 2. The maximum atomic E-state index is 12.6. The van der Waals surface area contributed by atoms with Gasteiger partial charge >= 0.3 is 0 Å². The van der Waals surface area contributed by atoms with E-state index in [-0.39, 0.29) is 17.1 Å². The minimum absolute atomic E-state index is 0.170. The molecule has 100 valence electrons. The Bertz CT molecular complexity index is 731. The Kier molecular flexibility index (Phi) is 2.79. The summed E-state index contributed by atoms with van der Waals surface area (Å²) in [5, 5.41) is 0. The lowest BCUT2D eigenvalue weighted by Crippen LogP contribution is -2.21. The van der Waals surface area contributed by atoms with Crippen molar-refractivity contribution in [2.75, 3.05) is 14.2 Å². The van der Waals surface area contributed by atoms with Crippen LogP contribution in [0.3, 0.4) is 0 Å². The van der Waals surface area contributed by atoms with Gasteiger partial charge in [-0.15, -0.1) is 0 Å². The predicted molar refractivity (Wildman–Crippen MR) is 72.9 cm³/mol. The van der Waals surface area contributed by atoms with E-state index in [1.165, 1.54) is 14.2 Å². The third-order valence-corrected chi connectivity index (χ3v) is 3.43. The second kappa shape index (κ2) is 4.49. The minimum Gasteiger partial charge on any atom is -0.493 e. The van der Waals surface area contributed by atoms with Crippen molar-refractivity contribution in [2.24, 2.45) is 0 Å². The van der Waals surface area contributed by atoms with Gasteiger partial charge in [-0.1, -0.05) is 24.3 Å². The second-order valence-corrected chi connectivity index (χ2v) is 4.43. The molecular weight excluding hydrogens is 256 g/mol. The van der Waals surface area contributed by atoms with E-state index in [4.69, 9.17) is 9.47 Å². The van der Waals surface area contributed by atoms with E-state index in [0.717, 1.165) is 0 Å². The molecule has 4 nitrogen and oxygen atoms in total. The van der Waals surface area contributed by atoms with Crippen LogP contribution < -0.4 is 9.47 Å². The molecule has 0 radical (unpaired) electrons. The first-order valence-electron chi connectivity index (χ1n) is 6.12. The van der Waals surface area contributed by atoms with Gasteiger partial charge in [-0.05, 0) is 12.1 Å². The van der Waals surface area contributed by atoms with Gasteiger partial charge in [0, 0.05) is 16.7 Å². The molecule has 1 aliphatic rings. The average Bonchev–Trinajstić information content (AvgIpc) is 2.51. The van der Waals surface area contributed by atoms with Crippen molar-refractivity contribution in [1.29, 1.82) is 0 Å².